The zero-order chi connectivity index (χ0) is 29.4. The van der Waals surface area contributed by atoms with Gasteiger partial charge in [-0.1, -0.05) is 42.5 Å². The summed E-state index contributed by atoms with van der Waals surface area (Å²) in [4.78, 5) is 23.6. The molecule has 1 amide bonds. The summed E-state index contributed by atoms with van der Waals surface area (Å²) >= 11 is 0. The number of likely N-dealkylation sites (tertiary alicyclic amines) is 2. The van der Waals surface area contributed by atoms with Crippen molar-refractivity contribution in [3.05, 3.63) is 89.5 Å². The van der Waals surface area contributed by atoms with E-state index < -0.39 is 11.0 Å². The zero-order valence-electron chi connectivity index (χ0n) is 25.4. The molecule has 3 aromatic rings. The summed E-state index contributed by atoms with van der Waals surface area (Å²) in [5.74, 6) is 0.242. The highest BCUT2D eigenvalue weighted by Gasteiger charge is 2.74. The Kier molecular flexibility index (Phi) is 6.15. The quantitative estimate of drug-likeness (QED) is 0.502. The van der Waals surface area contributed by atoms with Crippen molar-refractivity contribution in [3.8, 4) is 0 Å². The first kappa shape index (κ1) is 27.0. The number of amides is 1. The molecule has 8 heteroatoms. The second kappa shape index (κ2) is 9.57. The van der Waals surface area contributed by atoms with Gasteiger partial charge in [0.15, 0.2) is 0 Å². The van der Waals surface area contributed by atoms with Crippen LogP contribution in [0.5, 0.6) is 0 Å². The monoisotopic (exact) mass is 563 g/mol. The molecule has 5 atom stereocenters. The third-order valence-corrected chi connectivity index (χ3v) is 10.3. The van der Waals surface area contributed by atoms with Crippen LogP contribution < -0.4 is 20.5 Å². The van der Waals surface area contributed by atoms with Crippen LogP contribution in [-0.2, 0) is 10.3 Å². The number of hydrogen-bond acceptors (Lipinski definition) is 7. The molecule has 4 aliphatic rings. The van der Waals surface area contributed by atoms with E-state index in [0.29, 0.717) is 0 Å². The number of rotatable bonds is 4. The molecule has 4 aliphatic heterocycles. The fourth-order valence-corrected chi connectivity index (χ4v) is 8.49. The van der Waals surface area contributed by atoms with Gasteiger partial charge in [0.1, 0.15) is 5.54 Å². The fraction of sp³-hybridized carbons (Fsp3) is 0.412. The highest BCUT2D eigenvalue weighted by molar-refractivity contribution is 6.13. The molecule has 2 fully saturated rings. The number of carbonyl (C=O) groups excluding carboxylic acids is 1. The first-order valence-corrected chi connectivity index (χ1v) is 14.9. The number of piperidine rings is 1. The normalized spacial score (nSPS) is 30.2. The van der Waals surface area contributed by atoms with E-state index in [1.165, 1.54) is 16.8 Å². The van der Waals surface area contributed by atoms with Gasteiger partial charge in [-0.15, -0.1) is 0 Å². The summed E-state index contributed by atoms with van der Waals surface area (Å²) in [7, 11) is 12.6. The highest BCUT2D eigenvalue weighted by Crippen LogP contribution is 2.65. The van der Waals surface area contributed by atoms with Crippen LogP contribution in [0.15, 0.2) is 77.9 Å². The second-order valence-corrected chi connectivity index (χ2v) is 13.0. The minimum absolute atomic E-state index is 0.0373. The number of para-hydroxylation sites is 1. The molecular weight excluding hydrogens is 522 g/mol. The molecule has 3 aromatic carbocycles. The van der Waals surface area contributed by atoms with Crippen molar-refractivity contribution >= 4 is 28.7 Å². The summed E-state index contributed by atoms with van der Waals surface area (Å²) in [5.41, 5.74) is 10.0. The summed E-state index contributed by atoms with van der Waals surface area (Å²) in [5, 5.41) is 8.54. The van der Waals surface area contributed by atoms with Crippen molar-refractivity contribution in [2.24, 2.45) is 16.4 Å². The largest absolute Gasteiger partial charge is 0.378 e. The average Bonchev–Trinajstić information content (AvgIpc) is 3.61. The van der Waals surface area contributed by atoms with Gasteiger partial charge in [-0.3, -0.25) is 9.69 Å². The lowest BCUT2D eigenvalue weighted by molar-refractivity contribution is -0.130. The van der Waals surface area contributed by atoms with Crippen LogP contribution in [0.25, 0.3) is 0 Å². The Balaban J connectivity index is 1.42. The molecule has 0 radical (unpaired) electrons. The molecule has 7 rings (SSSR count). The van der Waals surface area contributed by atoms with Crippen LogP contribution in [0.1, 0.15) is 28.7 Å². The second-order valence-electron chi connectivity index (χ2n) is 13.0. The number of hydrogen-bond donors (Lipinski definition) is 2. The molecule has 42 heavy (non-hydrogen) atoms. The van der Waals surface area contributed by atoms with Crippen LogP contribution >= 0.6 is 0 Å². The molecule has 0 bridgehead atoms. The van der Waals surface area contributed by atoms with Gasteiger partial charge in [0.25, 0.3) is 5.91 Å². The Morgan fingerprint density at radius 1 is 0.833 bits per heavy atom. The molecular formula is C34H41N7O. The Hall–Kier alpha value is -3.88. The van der Waals surface area contributed by atoms with E-state index in [1.54, 1.807) is 0 Å². The molecule has 2 N–H and O–H groups in total. The number of nitrogens with zero attached hydrogens (tertiary/aromatic N) is 5. The molecule has 0 aromatic heterocycles. The lowest BCUT2D eigenvalue weighted by Crippen LogP contribution is -2.66. The van der Waals surface area contributed by atoms with Crippen LogP contribution in [0.2, 0.25) is 0 Å². The number of likely N-dealkylation sites (N-methyl/N-ethyl adjacent to an activating group) is 1. The molecule has 0 saturated carbocycles. The van der Waals surface area contributed by atoms with Crippen LogP contribution in [0, 0.1) is 11.3 Å². The number of fused-ring (bicyclic) bond motifs is 5. The number of anilines is 3. The van der Waals surface area contributed by atoms with Crippen molar-refractivity contribution in [2.45, 2.75) is 17.5 Å². The maximum atomic E-state index is 14.5. The van der Waals surface area contributed by atoms with Gasteiger partial charge in [-0.25, -0.2) is 0 Å². The topological polar surface area (TPSA) is 66.5 Å². The maximum Gasteiger partial charge on any atom is 0.250 e. The molecule has 2 saturated heterocycles. The highest BCUT2D eigenvalue weighted by atomic mass is 16.2. The maximum absolute atomic E-state index is 14.5. The van der Waals surface area contributed by atoms with E-state index in [1.807, 2.05) is 12.1 Å². The van der Waals surface area contributed by atoms with Crippen LogP contribution in [0.4, 0.5) is 17.1 Å². The third-order valence-electron chi connectivity index (χ3n) is 10.3. The van der Waals surface area contributed by atoms with Gasteiger partial charge in [-0.05, 0) is 55.6 Å². The third kappa shape index (κ3) is 3.54. The standard InChI is InChI=1S/C34H41N7O/c1-38(2)24-15-11-22(12-16-24)28-20-41(6)34(27-9-7-8-10-29(27)35-32(34)42)33(28)21-40(5)19-26-30(36-37-31(26)33)23-13-17-25(18-14-23)39(3)4/h7-18,26,28,30,36H,19-21H2,1-6H3,(H,35,42)/t26?,28-,30-,33?,34+/m0/s1. The van der Waals surface area contributed by atoms with Crippen LogP contribution in [0.3, 0.4) is 0 Å². The number of nitrogens with one attached hydrogen (secondary N) is 2. The van der Waals surface area contributed by atoms with E-state index in [9.17, 15) is 4.79 Å². The number of hydrazone groups is 1. The van der Waals surface area contributed by atoms with E-state index in [-0.39, 0.29) is 23.8 Å². The van der Waals surface area contributed by atoms with Crippen molar-refractivity contribution in [3.63, 3.8) is 0 Å². The Labute approximate surface area is 249 Å². The van der Waals surface area contributed by atoms with Gasteiger partial charge in [0.05, 0.1) is 17.2 Å². The molecule has 2 unspecified atom stereocenters. The molecule has 4 heterocycles. The van der Waals surface area contributed by atoms with Gasteiger partial charge < -0.3 is 25.4 Å². The van der Waals surface area contributed by atoms with Crippen molar-refractivity contribution in [1.82, 2.24) is 15.2 Å². The lowest BCUT2D eigenvalue weighted by Gasteiger charge is -2.53. The van der Waals surface area contributed by atoms with E-state index in [4.69, 9.17) is 5.10 Å². The van der Waals surface area contributed by atoms with E-state index >= 15 is 0 Å². The summed E-state index contributed by atoms with van der Waals surface area (Å²) < 4.78 is 0. The SMILES string of the molecule is CN1CC2C(=NN[C@H]2c2ccc(N(C)C)cc2)C2(C1)[C@H](c1ccc(N(C)C)cc1)CN(C)[C@]21C(=O)Nc2ccccc21. The van der Waals surface area contributed by atoms with Crippen molar-refractivity contribution in [2.75, 3.05) is 77.0 Å². The lowest BCUT2D eigenvalue weighted by atomic mass is 9.54. The molecule has 218 valence electrons. The minimum Gasteiger partial charge on any atom is -0.378 e. The predicted octanol–water partition coefficient (Wildman–Crippen LogP) is 3.94. The van der Waals surface area contributed by atoms with Crippen LogP contribution in [-0.4, -0.2) is 83.3 Å². The van der Waals surface area contributed by atoms with Gasteiger partial charge in [0, 0.05) is 82.3 Å². The van der Waals surface area contributed by atoms with Crippen molar-refractivity contribution < 1.29 is 4.79 Å². The minimum atomic E-state index is -0.883. The average molecular weight is 564 g/mol. The Morgan fingerprint density at radius 2 is 1.45 bits per heavy atom. The Morgan fingerprint density at radius 3 is 2.10 bits per heavy atom. The number of carbonyl (C=O) groups is 1. The van der Waals surface area contributed by atoms with Gasteiger partial charge >= 0.3 is 0 Å². The first-order valence-electron chi connectivity index (χ1n) is 14.9. The van der Waals surface area contributed by atoms with Crippen molar-refractivity contribution in [1.29, 1.82) is 0 Å². The predicted molar refractivity (Wildman–Crippen MR) is 170 cm³/mol. The molecule has 8 nitrogen and oxygen atoms in total. The summed E-state index contributed by atoms with van der Waals surface area (Å²) in [6, 6.07) is 26.0. The summed E-state index contributed by atoms with van der Waals surface area (Å²) in [6.45, 7) is 2.37. The number of benzene rings is 3. The molecule has 2 spiro atoms. The fourth-order valence-electron chi connectivity index (χ4n) is 8.49. The van der Waals surface area contributed by atoms with Gasteiger partial charge in [0.2, 0.25) is 0 Å². The van der Waals surface area contributed by atoms with Gasteiger partial charge in [-0.2, -0.15) is 5.10 Å². The van der Waals surface area contributed by atoms with E-state index in [0.717, 1.165) is 42.3 Å². The zero-order valence-corrected chi connectivity index (χ0v) is 25.4. The molecule has 0 aliphatic carbocycles. The Bertz CT molecular complexity index is 1550. The smallest absolute Gasteiger partial charge is 0.250 e. The van der Waals surface area contributed by atoms with E-state index in [2.05, 4.69) is 133 Å². The first-order chi connectivity index (χ1) is 20.2. The summed E-state index contributed by atoms with van der Waals surface area (Å²) in [6.07, 6.45) is 0.